The number of nitrogens with one attached hydrogen (secondary N) is 1. The van der Waals surface area contributed by atoms with Gasteiger partial charge in [0, 0.05) is 17.1 Å². The topological polar surface area (TPSA) is 64.3 Å². The van der Waals surface area contributed by atoms with E-state index < -0.39 is 5.54 Å². The minimum Gasteiger partial charge on any atom is -0.496 e. The Bertz CT molecular complexity index is 484. The molecular formula is C13H17ClN2O2. The summed E-state index contributed by atoms with van der Waals surface area (Å²) >= 11 is 6.00. The Balaban J connectivity index is 2.11. The molecule has 0 atom stereocenters. The maximum atomic E-state index is 11.8. The standard InChI is InChI=1S/C13H17ClN2O2/c1-8-5-10(14)6-9(11(8)18-2)7-16-12(17)13(15)3-4-13/h5-6H,3-4,7,15H2,1-2H3,(H,16,17). The number of benzene rings is 1. The molecule has 1 aromatic carbocycles. The van der Waals surface area contributed by atoms with Gasteiger partial charge in [-0.05, 0) is 37.5 Å². The Morgan fingerprint density at radius 3 is 2.78 bits per heavy atom. The predicted molar refractivity (Wildman–Crippen MR) is 70.7 cm³/mol. The molecule has 0 unspecified atom stereocenters. The summed E-state index contributed by atoms with van der Waals surface area (Å²) in [7, 11) is 1.60. The number of hydrogen-bond donors (Lipinski definition) is 2. The number of methoxy groups -OCH3 is 1. The van der Waals surface area contributed by atoms with Gasteiger partial charge in [-0.3, -0.25) is 4.79 Å². The van der Waals surface area contributed by atoms with Gasteiger partial charge in [0.25, 0.3) is 0 Å². The summed E-state index contributed by atoms with van der Waals surface area (Å²) in [5, 5.41) is 3.46. The highest BCUT2D eigenvalue weighted by Gasteiger charge is 2.45. The summed E-state index contributed by atoms with van der Waals surface area (Å²) in [5.74, 6) is 0.642. The van der Waals surface area contributed by atoms with Crippen LogP contribution in [0.15, 0.2) is 12.1 Å². The number of hydrogen-bond acceptors (Lipinski definition) is 3. The molecule has 4 nitrogen and oxygen atoms in total. The van der Waals surface area contributed by atoms with E-state index in [1.54, 1.807) is 13.2 Å². The lowest BCUT2D eigenvalue weighted by molar-refractivity contribution is -0.123. The molecule has 18 heavy (non-hydrogen) atoms. The maximum Gasteiger partial charge on any atom is 0.240 e. The van der Waals surface area contributed by atoms with Gasteiger partial charge in [0.05, 0.1) is 12.6 Å². The minimum atomic E-state index is -0.652. The molecular weight excluding hydrogens is 252 g/mol. The van der Waals surface area contributed by atoms with E-state index in [1.807, 2.05) is 13.0 Å². The van der Waals surface area contributed by atoms with Gasteiger partial charge in [-0.25, -0.2) is 0 Å². The second-order valence-electron chi connectivity index (χ2n) is 4.75. The van der Waals surface area contributed by atoms with Gasteiger partial charge in [-0.15, -0.1) is 0 Å². The molecule has 1 aromatic rings. The van der Waals surface area contributed by atoms with Crippen molar-refractivity contribution >= 4 is 17.5 Å². The quantitative estimate of drug-likeness (QED) is 0.875. The molecule has 0 spiro atoms. The molecule has 3 N–H and O–H groups in total. The van der Waals surface area contributed by atoms with Gasteiger partial charge in [-0.1, -0.05) is 11.6 Å². The summed E-state index contributed by atoms with van der Waals surface area (Å²) < 4.78 is 5.32. The van der Waals surface area contributed by atoms with E-state index in [0.717, 1.165) is 29.7 Å². The average molecular weight is 269 g/mol. The number of rotatable bonds is 4. The molecule has 0 bridgehead atoms. The minimum absolute atomic E-state index is 0.109. The molecule has 1 amide bonds. The van der Waals surface area contributed by atoms with Gasteiger partial charge < -0.3 is 15.8 Å². The van der Waals surface area contributed by atoms with E-state index >= 15 is 0 Å². The van der Waals surface area contributed by atoms with Crippen molar-refractivity contribution in [2.24, 2.45) is 5.73 Å². The van der Waals surface area contributed by atoms with Crippen molar-refractivity contribution in [2.75, 3.05) is 7.11 Å². The van der Waals surface area contributed by atoms with Crippen LogP contribution < -0.4 is 15.8 Å². The smallest absolute Gasteiger partial charge is 0.240 e. The number of carbonyl (C=O) groups is 1. The van der Waals surface area contributed by atoms with Crippen LogP contribution in [0.25, 0.3) is 0 Å². The van der Waals surface area contributed by atoms with Gasteiger partial charge in [0.15, 0.2) is 0 Å². The highest BCUT2D eigenvalue weighted by atomic mass is 35.5. The van der Waals surface area contributed by atoms with Crippen LogP contribution in [0.2, 0.25) is 5.02 Å². The monoisotopic (exact) mass is 268 g/mol. The summed E-state index contributed by atoms with van der Waals surface area (Å²) in [6.07, 6.45) is 1.51. The molecule has 2 rings (SSSR count). The van der Waals surface area contributed by atoms with E-state index in [-0.39, 0.29) is 5.91 Å². The molecule has 98 valence electrons. The fraction of sp³-hybridized carbons (Fsp3) is 0.462. The van der Waals surface area contributed by atoms with Gasteiger partial charge in [0.2, 0.25) is 5.91 Å². The lowest BCUT2D eigenvalue weighted by Gasteiger charge is -2.14. The normalized spacial score (nSPS) is 16.2. The van der Waals surface area contributed by atoms with Crippen LogP contribution in [0.3, 0.4) is 0 Å². The largest absolute Gasteiger partial charge is 0.496 e. The average Bonchev–Trinajstić information content (AvgIpc) is 3.05. The van der Waals surface area contributed by atoms with Gasteiger partial charge in [-0.2, -0.15) is 0 Å². The Labute approximate surface area is 111 Å². The summed E-state index contributed by atoms with van der Waals surface area (Å²) in [6.45, 7) is 2.30. The Kier molecular flexibility index (Phi) is 3.50. The molecule has 1 saturated carbocycles. The molecule has 0 saturated heterocycles. The van der Waals surface area contributed by atoms with Crippen LogP contribution in [0.4, 0.5) is 0 Å². The Morgan fingerprint density at radius 2 is 2.22 bits per heavy atom. The number of aryl methyl sites for hydroxylation is 1. The van der Waals surface area contributed by atoms with E-state index in [1.165, 1.54) is 0 Å². The van der Waals surface area contributed by atoms with Gasteiger partial charge >= 0.3 is 0 Å². The van der Waals surface area contributed by atoms with E-state index in [9.17, 15) is 4.79 Å². The first-order valence-electron chi connectivity index (χ1n) is 5.86. The van der Waals surface area contributed by atoms with Crippen molar-refractivity contribution < 1.29 is 9.53 Å². The van der Waals surface area contributed by atoms with Crippen LogP contribution in [0.1, 0.15) is 24.0 Å². The number of nitrogens with two attached hydrogens (primary N) is 1. The Morgan fingerprint density at radius 1 is 1.56 bits per heavy atom. The zero-order valence-corrected chi connectivity index (χ0v) is 11.3. The van der Waals surface area contributed by atoms with Crippen LogP contribution in [0.5, 0.6) is 5.75 Å². The van der Waals surface area contributed by atoms with Crippen molar-refractivity contribution in [3.8, 4) is 5.75 Å². The molecule has 0 aliphatic heterocycles. The van der Waals surface area contributed by atoms with E-state index in [2.05, 4.69) is 5.32 Å². The molecule has 0 radical (unpaired) electrons. The second-order valence-corrected chi connectivity index (χ2v) is 5.19. The molecule has 1 aliphatic carbocycles. The highest BCUT2D eigenvalue weighted by molar-refractivity contribution is 6.30. The summed E-state index contributed by atoms with van der Waals surface area (Å²) in [4.78, 5) is 11.8. The van der Waals surface area contributed by atoms with E-state index in [4.69, 9.17) is 22.1 Å². The molecule has 0 aromatic heterocycles. The van der Waals surface area contributed by atoms with Gasteiger partial charge in [0.1, 0.15) is 5.75 Å². The lowest BCUT2D eigenvalue weighted by Crippen LogP contribution is -2.42. The number of ether oxygens (including phenoxy) is 1. The second kappa shape index (κ2) is 4.78. The van der Waals surface area contributed by atoms with Crippen LogP contribution in [0, 0.1) is 6.92 Å². The zero-order chi connectivity index (χ0) is 13.3. The highest BCUT2D eigenvalue weighted by Crippen LogP contribution is 2.32. The third-order valence-electron chi connectivity index (χ3n) is 3.20. The zero-order valence-electron chi connectivity index (χ0n) is 10.5. The SMILES string of the molecule is COc1c(C)cc(Cl)cc1CNC(=O)C1(N)CC1. The molecule has 5 heteroatoms. The van der Waals surface area contributed by atoms with Crippen LogP contribution in [-0.2, 0) is 11.3 Å². The number of halogens is 1. The first-order valence-corrected chi connectivity index (χ1v) is 6.24. The van der Waals surface area contributed by atoms with E-state index in [0.29, 0.717) is 11.6 Å². The lowest BCUT2D eigenvalue weighted by atomic mass is 10.1. The van der Waals surface area contributed by atoms with Crippen molar-refractivity contribution in [2.45, 2.75) is 31.8 Å². The van der Waals surface area contributed by atoms with Crippen molar-refractivity contribution in [3.63, 3.8) is 0 Å². The van der Waals surface area contributed by atoms with Crippen LogP contribution >= 0.6 is 11.6 Å². The van der Waals surface area contributed by atoms with Crippen molar-refractivity contribution in [1.82, 2.24) is 5.32 Å². The fourth-order valence-electron chi connectivity index (χ4n) is 1.94. The molecule has 1 aliphatic rings. The Hall–Kier alpha value is -1.26. The molecule has 1 fully saturated rings. The fourth-order valence-corrected chi connectivity index (χ4v) is 2.23. The number of carbonyl (C=O) groups excluding carboxylic acids is 1. The summed E-state index contributed by atoms with van der Waals surface area (Å²) in [6, 6.07) is 3.63. The summed E-state index contributed by atoms with van der Waals surface area (Å²) in [5.41, 5.74) is 6.97. The maximum absolute atomic E-state index is 11.8. The predicted octanol–water partition coefficient (Wildman–Crippen LogP) is 1.76. The third-order valence-corrected chi connectivity index (χ3v) is 3.42. The first kappa shape index (κ1) is 13.2. The van der Waals surface area contributed by atoms with Crippen molar-refractivity contribution in [1.29, 1.82) is 0 Å². The number of amides is 1. The first-order chi connectivity index (χ1) is 8.46. The molecule has 0 heterocycles. The third kappa shape index (κ3) is 2.60. The van der Waals surface area contributed by atoms with Crippen LogP contribution in [-0.4, -0.2) is 18.6 Å². The van der Waals surface area contributed by atoms with Crippen molar-refractivity contribution in [3.05, 3.63) is 28.3 Å².